The summed E-state index contributed by atoms with van der Waals surface area (Å²) >= 11 is 0. The predicted octanol–water partition coefficient (Wildman–Crippen LogP) is 1.40. The van der Waals surface area contributed by atoms with Gasteiger partial charge in [-0.25, -0.2) is 4.79 Å². The predicted molar refractivity (Wildman–Crippen MR) is 85.7 cm³/mol. The quantitative estimate of drug-likeness (QED) is 0.861. The molecule has 2 N–H and O–H groups in total. The summed E-state index contributed by atoms with van der Waals surface area (Å²) in [5.74, 6) is 0.119. The molecule has 0 bridgehead atoms. The molecule has 3 rings (SSSR count). The minimum atomic E-state index is -0.0487. The molecule has 0 aromatic carbocycles. The highest BCUT2D eigenvalue weighted by atomic mass is 16.2. The number of aromatic amines is 1. The lowest BCUT2D eigenvalue weighted by molar-refractivity contribution is -0.130. The summed E-state index contributed by atoms with van der Waals surface area (Å²) in [7, 11) is 0. The SMILES string of the molecule is CC(=O)N(C[C@@H]1CCCN1C(=O)NCc1cn[nH]c1C)C1CC1. The number of amides is 3. The molecule has 7 heteroatoms. The number of hydrogen-bond acceptors (Lipinski definition) is 3. The maximum atomic E-state index is 12.5. The van der Waals surface area contributed by atoms with Crippen LogP contribution >= 0.6 is 0 Å². The molecule has 1 aromatic heterocycles. The van der Waals surface area contributed by atoms with Gasteiger partial charge < -0.3 is 15.1 Å². The van der Waals surface area contributed by atoms with Gasteiger partial charge in [0, 0.05) is 43.9 Å². The molecule has 126 valence electrons. The van der Waals surface area contributed by atoms with Crippen molar-refractivity contribution in [1.82, 2.24) is 25.3 Å². The lowest BCUT2D eigenvalue weighted by atomic mass is 10.2. The number of nitrogens with one attached hydrogen (secondary N) is 2. The Kier molecular flexibility index (Phi) is 4.54. The van der Waals surface area contributed by atoms with Crippen LogP contribution in [-0.4, -0.2) is 57.1 Å². The number of carbonyl (C=O) groups excluding carboxylic acids is 2. The van der Waals surface area contributed by atoms with Crippen LogP contribution in [0.5, 0.6) is 0 Å². The van der Waals surface area contributed by atoms with E-state index in [1.54, 1.807) is 13.1 Å². The highest BCUT2D eigenvalue weighted by Crippen LogP contribution is 2.29. The van der Waals surface area contributed by atoms with Gasteiger partial charge in [-0.2, -0.15) is 5.10 Å². The van der Waals surface area contributed by atoms with Crippen molar-refractivity contribution in [1.29, 1.82) is 0 Å². The molecular weight excluding hydrogens is 294 g/mol. The average molecular weight is 319 g/mol. The summed E-state index contributed by atoms with van der Waals surface area (Å²) < 4.78 is 0. The Hall–Kier alpha value is -2.05. The second kappa shape index (κ2) is 6.60. The number of urea groups is 1. The van der Waals surface area contributed by atoms with Gasteiger partial charge in [0.05, 0.1) is 12.2 Å². The highest BCUT2D eigenvalue weighted by Gasteiger charge is 2.36. The molecule has 1 saturated heterocycles. The first-order valence-corrected chi connectivity index (χ1v) is 8.36. The Bertz CT molecular complexity index is 581. The van der Waals surface area contributed by atoms with Crippen LogP contribution < -0.4 is 5.32 Å². The molecule has 1 atom stereocenters. The third-order valence-electron chi connectivity index (χ3n) is 4.80. The van der Waals surface area contributed by atoms with Gasteiger partial charge in [-0.1, -0.05) is 0 Å². The maximum absolute atomic E-state index is 12.5. The normalized spacial score (nSPS) is 20.6. The summed E-state index contributed by atoms with van der Waals surface area (Å²) in [4.78, 5) is 28.1. The number of nitrogens with zero attached hydrogens (tertiary/aromatic N) is 3. The summed E-state index contributed by atoms with van der Waals surface area (Å²) in [6, 6.07) is 0.476. The van der Waals surface area contributed by atoms with Crippen LogP contribution in [0.15, 0.2) is 6.20 Å². The second-order valence-corrected chi connectivity index (χ2v) is 6.57. The lowest BCUT2D eigenvalue weighted by Crippen LogP contribution is -2.48. The van der Waals surface area contributed by atoms with E-state index in [0.717, 1.165) is 43.5 Å². The van der Waals surface area contributed by atoms with Crippen LogP contribution in [0.1, 0.15) is 43.9 Å². The van der Waals surface area contributed by atoms with E-state index in [4.69, 9.17) is 0 Å². The molecule has 0 spiro atoms. The van der Waals surface area contributed by atoms with Crippen molar-refractivity contribution in [3.63, 3.8) is 0 Å². The zero-order valence-electron chi connectivity index (χ0n) is 13.8. The summed E-state index contributed by atoms with van der Waals surface area (Å²) in [6.07, 6.45) is 5.89. The number of rotatable bonds is 5. The van der Waals surface area contributed by atoms with Gasteiger partial charge in [0.25, 0.3) is 0 Å². The highest BCUT2D eigenvalue weighted by molar-refractivity contribution is 5.76. The van der Waals surface area contributed by atoms with E-state index in [1.165, 1.54) is 0 Å². The van der Waals surface area contributed by atoms with Crippen LogP contribution in [0.2, 0.25) is 0 Å². The Morgan fingerprint density at radius 2 is 2.22 bits per heavy atom. The van der Waals surface area contributed by atoms with Gasteiger partial charge in [0.15, 0.2) is 0 Å². The first-order valence-electron chi connectivity index (χ1n) is 8.36. The van der Waals surface area contributed by atoms with E-state index >= 15 is 0 Å². The number of hydrogen-bond donors (Lipinski definition) is 2. The molecule has 1 aliphatic carbocycles. The fourth-order valence-electron chi connectivity index (χ4n) is 3.27. The van der Waals surface area contributed by atoms with E-state index in [9.17, 15) is 9.59 Å². The second-order valence-electron chi connectivity index (χ2n) is 6.57. The number of aromatic nitrogens is 2. The molecule has 7 nitrogen and oxygen atoms in total. The summed E-state index contributed by atoms with van der Waals surface area (Å²) in [5, 5.41) is 9.80. The van der Waals surface area contributed by atoms with Crippen molar-refractivity contribution >= 4 is 11.9 Å². The maximum Gasteiger partial charge on any atom is 0.317 e. The Labute approximate surface area is 136 Å². The molecule has 1 saturated carbocycles. The Morgan fingerprint density at radius 1 is 1.43 bits per heavy atom. The van der Waals surface area contributed by atoms with Gasteiger partial charge in [-0.3, -0.25) is 9.89 Å². The van der Waals surface area contributed by atoms with Crippen molar-refractivity contribution in [2.24, 2.45) is 0 Å². The monoisotopic (exact) mass is 319 g/mol. The van der Waals surface area contributed by atoms with Crippen molar-refractivity contribution in [3.05, 3.63) is 17.5 Å². The molecule has 2 aliphatic rings. The number of H-pyrrole nitrogens is 1. The average Bonchev–Trinajstić information content (AvgIpc) is 3.10. The van der Waals surface area contributed by atoms with Crippen LogP contribution in [0.25, 0.3) is 0 Å². The Morgan fingerprint density at radius 3 is 2.83 bits per heavy atom. The van der Waals surface area contributed by atoms with Crippen LogP contribution in [0.4, 0.5) is 4.79 Å². The lowest BCUT2D eigenvalue weighted by Gasteiger charge is -2.30. The molecule has 23 heavy (non-hydrogen) atoms. The molecule has 0 unspecified atom stereocenters. The summed E-state index contributed by atoms with van der Waals surface area (Å²) in [6.45, 7) is 5.46. The van der Waals surface area contributed by atoms with E-state index < -0.39 is 0 Å². The van der Waals surface area contributed by atoms with Crippen LogP contribution in [0, 0.1) is 6.92 Å². The fraction of sp³-hybridized carbons (Fsp3) is 0.688. The van der Waals surface area contributed by atoms with E-state index in [0.29, 0.717) is 19.1 Å². The van der Waals surface area contributed by atoms with Crippen molar-refractivity contribution in [2.45, 2.75) is 58.2 Å². The largest absolute Gasteiger partial charge is 0.338 e. The van der Waals surface area contributed by atoms with Gasteiger partial charge >= 0.3 is 6.03 Å². The molecule has 1 aromatic rings. The van der Waals surface area contributed by atoms with Crippen molar-refractivity contribution < 1.29 is 9.59 Å². The van der Waals surface area contributed by atoms with Crippen molar-refractivity contribution in [2.75, 3.05) is 13.1 Å². The van der Waals surface area contributed by atoms with Gasteiger partial charge in [-0.15, -0.1) is 0 Å². The first kappa shape index (κ1) is 15.8. The van der Waals surface area contributed by atoms with Crippen LogP contribution in [-0.2, 0) is 11.3 Å². The zero-order valence-corrected chi connectivity index (χ0v) is 13.8. The standard InChI is InChI=1S/C16H25N5O2/c1-11-13(9-18-19-11)8-17-16(23)20-7-3-4-15(20)10-21(12(2)22)14-5-6-14/h9,14-15H,3-8,10H2,1-2H3,(H,17,23)(H,18,19)/t15-/m0/s1. The van der Waals surface area contributed by atoms with Crippen LogP contribution in [0.3, 0.4) is 0 Å². The third kappa shape index (κ3) is 3.65. The van der Waals surface area contributed by atoms with Crippen molar-refractivity contribution in [3.8, 4) is 0 Å². The summed E-state index contributed by atoms with van der Waals surface area (Å²) in [5.41, 5.74) is 1.97. The fourth-order valence-corrected chi connectivity index (χ4v) is 3.27. The molecule has 2 heterocycles. The van der Waals surface area contributed by atoms with E-state index in [-0.39, 0.29) is 18.0 Å². The number of likely N-dealkylation sites (tertiary alicyclic amines) is 1. The molecule has 0 radical (unpaired) electrons. The van der Waals surface area contributed by atoms with Gasteiger partial charge in [0.1, 0.15) is 0 Å². The molecule has 1 aliphatic heterocycles. The Balaban J connectivity index is 1.56. The molecular formula is C16H25N5O2. The topological polar surface area (TPSA) is 81.3 Å². The van der Waals surface area contributed by atoms with Gasteiger partial charge in [-0.05, 0) is 32.6 Å². The zero-order chi connectivity index (χ0) is 16.4. The molecule has 3 amide bonds. The smallest absolute Gasteiger partial charge is 0.317 e. The molecule has 2 fully saturated rings. The van der Waals surface area contributed by atoms with Gasteiger partial charge in [0.2, 0.25) is 5.91 Å². The number of aryl methyl sites for hydroxylation is 1. The first-order chi connectivity index (χ1) is 11.1. The minimum absolute atomic E-state index is 0.0487. The minimum Gasteiger partial charge on any atom is -0.338 e. The van der Waals surface area contributed by atoms with E-state index in [2.05, 4.69) is 15.5 Å². The number of carbonyl (C=O) groups is 2. The van der Waals surface area contributed by atoms with E-state index in [1.807, 2.05) is 16.7 Å². The third-order valence-corrected chi connectivity index (χ3v) is 4.80.